The molecule has 0 aromatic carbocycles. The van der Waals surface area contributed by atoms with E-state index in [-0.39, 0.29) is 4.65 Å². The van der Waals surface area contributed by atoms with E-state index in [1.54, 1.807) is 0 Å². The molecule has 2 nitrogen and oxygen atoms in total. The summed E-state index contributed by atoms with van der Waals surface area (Å²) in [5.74, 6) is 0. The van der Waals surface area contributed by atoms with E-state index in [1.165, 1.54) is 154 Å². The summed E-state index contributed by atoms with van der Waals surface area (Å²) in [5.41, 5.74) is 0. The van der Waals surface area contributed by atoms with Crippen LogP contribution in [0.1, 0.15) is 154 Å². The molecule has 0 bridgehead atoms. The average molecular weight is 406 g/mol. The van der Waals surface area contributed by atoms with Crippen LogP contribution >= 0.6 is 0 Å². The molecular formula is C27H51NO. The molecule has 0 atom stereocenters. The molecule has 0 saturated heterocycles. The van der Waals surface area contributed by atoms with E-state index in [1.807, 2.05) is 0 Å². The number of hydrogen-bond donors (Lipinski definition) is 0. The molecule has 0 N–H and O–H groups in total. The highest BCUT2D eigenvalue weighted by atomic mass is 16.6. The minimum atomic E-state index is 0.250. The molecule has 0 amide bonds. The van der Waals surface area contributed by atoms with Crippen LogP contribution in [0, 0.1) is 5.21 Å². The van der Waals surface area contributed by atoms with Gasteiger partial charge in [-0.15, -0.1) is 0 Å². The van der Waals surface area contributed by atoms with Gasteiger partial charge in [-0.05, 0) is 77.0 Å². The molecular weight excluding hydrogens is 354 g/mol. The Morgan fingerprint density at radius 3 is 0.690 bits per heavy atom. The first-order chi connectivity index (χ1) is 14.3. The normalized spacial score (nSPS) is 27.2. The first-order valence-corrected chi connectivity index (χ1v) is 13.9. The fourth-order valence-electron chi connectivity index (χ4n) is 6.94. The van der Waals surface area contributed by atoms with Crippen LogP contribution in [-0.2, 0) is 0 Å². The monoisotopic (exact) mass is 405 g/mol. The molecule has 0 aromatic heterocycles. The summed E-state index contributed by atoms with van der Waals surface area (Å²) in [6, 6.07) is 1.22. The summed E-state index contributed by atoms with van der Waals surface area (Å²) in [6.45, 7) is 0. The van der Waals surface area contributed by atoms with Crippen molar-refractivity contribution in [2.45, 2.75) is 172 Å². The van der Waals surface area contributed by atoms with E-state index >= 15 is 5.21 Å². The topological polar surface area (TPSA) is 23.1 Å². The number of hydrogen-bond acceptors (Lipinski definition) is 1. The quantitative estimate of drug-likeness (QED) is 0.340. The predicted octanol–water partition coefficient (Wildman–Crippen LogP) is 8.81. The number of nitrogens with zero attached hydrogens (tertiary/aromatic N) is 1. The molecule has 3 fully saturated rings. The maximum Gasteiger partial charge on any atom is 0.0891 e. The number of quaternary nitrogens is 1. The Morgan fingerprint density at radius 1 is 0.310 bits per heavy atom. The van der Waals surface area contributed by atoms with Gasteiger partial charge < -0.3 is 9.85 Å². The smallest absolute Gasteiger partial charge is 0.0891 e. The van der Waals surface area contributed by atoms with Crippen molar-refractivity contribution in [2.75, 3.05) is 0 Å². The Bertz CT molecular complexity index is 333. The average Bonchev–Trinajstić information content (AvgIpc) is 3.04. The summed E-state index contributed by atoms with van der Waals surface area (Å²) >= 11 is 0. The van der Waals surface area contributed by atoms with E-state index < -0.39 is 0 Å². The third-order valence-corrected chi connectivity index (χ3v) is 8.69. The SMILES string of the molecule is [O-][N+](C1CCCCCCCC1)(C1CCCCCCCC1)C1CCCCCCCC1. The van der Waals surface area contributed by atoms with Gasteiger partial charge in [0.25, 0.3) is 0 Å². The van der Waals surface area contributed by atoms with E-state index in [9.17, 15) is 0 Å². The van der Waals surface area contributed by atoms with Crippen molar-refractivity contribution in [3.8, 4) is 0 Å². The molecule has 0 unspecified atom stereocenters. The molecule has 0 aromatic rings. The molecule has 170 valence electrons. The van der Waals surface area contributed by atoms with E-state index in [0.717, 1.165) is 0 Å². The van der Waals surface area contributed by atoms with Crippen LogP contribution in [0.15, 0.2) is 0 Å². The highest BCUT2D eigenvalue weighted by molar-refractivity contribution is 4.78. The molecule has 3 aliphatic rings. The molecule has 3 rings (SSSR count). The largest absolute Gasteiger partial charge is 0.632 e. The molecule has 0 radical (unpaired) electrons. The first-order valence-electron chi connectivity index (χ1n) is 13.9. The second kappa shape index (κ2) is 13.4. The summed E-state index contributed by atoms with van der Waals surface area (Å²) in [6.07, 6.45) is 31.8. The van der Waals surface area contributed by atoms with Gasteiger partial charge in [-0.25, -0.2) is 0 Å². The van der Waals surface area contributed by atoms with Crippen molar-refractivity contribution in [3.63, 3.8) is 0 Å². The molecule has 3 aliphatic carbocycles. The van der Waals surface area contributed by atoms with Gasteiger partial charge in [-0.2, -0.15) is 0 Å². The van der Waals surface area contributed by atoms with Crippen LogP contribution in [-0.4, -0.2) is 22.8 Å². The van der Waals surface area contributed by atoms with Gasteiger partial charge in [0.15, 0.2) is 0 Å². The summed E-state index contributed by atoms with van der Waals surface area (Å²) in [7, 11) is 0. The number of rotatable bonds is 3. The summed E-state index contributed by atoms with van der Waals surface area (Å²) < 4.78 is 0.250. The molecule has 0 aliphatic heterocycles. The zero-order valence-corrected chi connectivity index (χ0v) is 19.6. The first kappa shape index (κ1) is 23.6. The Kier molecular flexibility index (Phi) is 10.9. The summed E-state index contributed by atoms with van der Waals surface area (Å²) in [4.78, 5) is 0. The van der Waals surface area contributed by atoms with E-state index in [0.29, 0.717) is 18.1 Å². The minimum Gasteiger partial charge on any atom is -0.632 e. The maximum absolute atomic E-state index is 15.2. The molecule has 0 heterocycles. The van der Waals surface area contributed by atoms with E-state index in [4.69, 9.17) is 0 Å². The second-order valence-corrected chi connectivity index (χ2v) is 10.8. The molecule has 3 saturated carbocycles. The van der Waals surface area contributed by atoms with Gasteiger partial charge in [0, 0.05) is 0 Å². The van der Waals surface area contributed by atoms with Crippen LogP contribution in [0.3, 0.4) is 0 Å². The van der Waals surface area contributed by atoms with Gasteiger partial charge in [0.05, 0.1) is 18.1 Å². The zero-order chi connectivity index (χ0) is 20.2. The van der Waals surface area contributed by atoms with Crippen molar-refractivity contribution in [2.24, 2.45) is 0 Å². The fraction of sp³-hybridized carbons (Fsp3) is 1.00. The number of hydroxylamine groups is 3. The lowest BCUT2D eigenvalue weighted by atomic mass is 9.90. The van der Waals surface area contributed by atoms with Gasteiger partial charge >= 0.3 is 0 Å². The highest BCUT2D eigenvalue weighted by Gasteiger charge is 2.41. The van der Waals surface area contributed by atoms with Crippen molar-refractivity contribution in [1.29, 1.82) is 0 Å². The van der Waals surface area contributed by atoms with Gasteiger partial charge in [0.2, 0.25) is 0 Å². The Hall–Kier alpha value is -0.0800. The standard InChI is InChI=1S/C27H51NO/c29-28(25-19-13-7-1-2-8-14-20-25,26-21-15-9-3-4-10-16-22-26)27-23-17-11-5-6-12-18-24-27/h25-27H,1-24H2. The molecule has 29 heavy (non-hydrogen) atoms. The lowest BCUT2D eigenvalue weighted by Gasteiger charge is -2.59. The highest BCUT2D eigenvalue weighted by Crippen LogP contribution is 2.39. The van der Waals surface area contributed by atoms with Crippen molar-refractivity contribution >= 4 is 0 Å². The van der Waals surface area contributed by atoms with Crippen molar-refractivity contribution in [3.05, 3.63) is 5.21 Å². The second-order valence-electron chi connectivity index (χ2n) is 10.8. The minimum absolute atomic E-state index is 0.250. The zero-order valence-electron chi connectivity index (χ0n) is 19.6. The summed E-state index contributed by atoms with van der Waals surface area (Å²) in [5, 5.41) is 15.2. The van der Waals surface area contributed by atoms with Crippen molar-refractivity contribution < 1.29 is 4.65 Å². The predicted molar refractivity (Wildman–Crippen MR) is 126 cm³/mol. The third kappa shape index (κ3) is 7.23. The van der Waals surface area contributed by atoms with Gasteiger partial charge in [-0.1, -0.05) is 77.0 Å². The van der Waals surface area contributed by atoms with Crippen LogP contribution in [0.4, 0.5) is 0 Å². The third-order valence-electron chi connectivity index (χ3n) is 8.69. The molecule has 0 spiro atoms. The van der Waals surface area contributed by atoms with Crippen LogP contribution in [0.25, 0.3) is 0 Å². The lowest BCUT2D eigenvalue weighted by Crippen LogP contribution is -2.63. The van der Waals surface area contributed by atoms with Crippen molar-refractivity contribution in [1.82, 2.24) is 0 Å². The Morgan fingerprint density at radius 2 is 0.483 bits per heavy atom. The van der Waals surface area contributed by atoms with Gasteiger partial charge in [-0.3, -0.25) is 0 Å². The van der Waals surface area contributed by atoms with E-state index in [2.05, 4.69) is 0 Å². The van der Waals surface area contributed by atoms with Crippen LogP contribution in [0.5, 0.6) is 0 Å². The molecule has 2 heteroatoms. The Balaban J connectivity index is 1.83. The fourth-order valence-corrected chi connectivity index (χ4v) is 6.94. The maximum atomic E-state index is 15.2. The lowest BCUT2D eigenvalue weighted by molar-refractivity contribution is -0.954. The Labute approximate surface area is 182 Å². The van der Waals surface area contributed by atoms with Crippen LogP contribution in [0.2, 0.25) is 0 Å². The van der Waals surface area contributed by atoms with Gasteiger partial charge in [0.1, 0.15) is 0 Å². The van der Waals surface area contributed by atoms with Crippen LogP contribution < -0.4 is 0 Å².